The van der Waals surface area contributed by atoms with Crippen molar-refractivity contribution >= 4 is 23.7 Å². The highest BCUT2D eigenvalue weighted by atomic mass is 16.4. The summed E-state index contributed by atoms with van der Waals surface area (Å²) >= 11 is 0. The van der Waals surface area contributed by atoms with Crippen molar-refractivity contribution in [3.63, 3.8) is 0 Å². The Morgan fingerprint density at radius 1 is 1.18 bits per heavy atom. The molecule has 0 spiro atoms. The van der Waals surface area contributed by atoms with Gasteiger partial charge in [-0.2, -0.15) is 0 Å². The Hall–Kier alpha value is -2.24. The molecule has 0 radical (unpaired) electrons. The van der Waals surface area contributed by atoms with E-state index in [1.807, 2.05) is 0 Å². The number of aliphatic hydroxyl groups is 1. The van der Waals surface area contributed by atoms with E-state index in [9.17, 15) is 24.3 Å². The number of amides is 3. The van der Waals surface area contributed by atoms with Gasteiger partial charge in [0.15, 0.2) is 0 Å². The minimum absolute atomic E-state index is 0.297. The molecule has 1 rings (SSSR count). The Morgan fingerprint density at radius 2 is 1.89 bits per heavy atom. The van der Waals surface area contributed by atoms with Crippen LogP contribution in [-0.4, -0.2) is 77.8 Å². The number of rotatable bonds is 12. The molecule has 160 valence electrons. The molecule has 1 fully saturated rings. The molecule has 1 aliphatic rings. The molecule has 11 heteroatoms. The second kappa shape index (κ2) is 12.3. The third-order valence-corrected chi connectivity index (χ3v) is 4.43. The van der Waals surface area contributed by atoms with Crippen molar-refractivity contribution in [1.29, 1.82) is 0 Å². The topological polar surface area (TPSA) is 183 Å². The lowest BCUT2D eigenvalue weighted by atomic mass is 10.1. The SMILES string of the molecule is CC(O)C(NC(=O)C(CCCCN)NC(=O)C1CCCN1)C(=O)NCC(=O)O. The van der Waals surface area contributed by atoms with Crippen molar-refractivity contribution < 1.29 is 29.4 Å². The highest BCUT2D eigenvalue weighted by Gasteiger charge is 2.31. The molecule has 1 saturated heterocycles. The van der Waals surface area contributed by atoms with Crippen LogP contribution in [0.4, 0.5) is 0 Å². The van der Waals surface area contributed by atoms with Crippen LogP contribution in [0.15, 0.2) is 0 Å². The minimum atomic E-state index is -1.34. The first kappa shape index (κ1) is 23.8. The summed E-state index contributed by atoms with van der Waals surface area (Å²) < 4.78 is 0. The van der Waals surface area contributed by atoms with E-state index in [0.29, 0.717) is 32.2 Å². The van der Waals surface area contributed by atoms with Crippen LogP contribution >= 0.6 is 0 Å². The number of aliphatic hydroxyl groups excluding tert-OH is 1. The number of aliphatic carboxylic acids is 1. The average molecular weight is 401 g/mol. The highest BCUT2D eigenvalue weighted by molar-refractivity contribution is 5.94. The zero-order valence-electron chi connectivity index (χ0n) is 16.1. The van der Waals surface area contributed by atoms with E-state index in [4.69, 9.17) is 10.8 Å². The molecule has 4 atom stereocenters. The Morgan fingerprint density at radius 3 is 2.43 bits per heavy atom. The monoisotopic (exact) mass is 401 g/mol. The molecule has 0 saturated carbocycles. The van der Waals surface area contributed by atoms with Crippen LogP contribution in [0, 0.1) is 0 Å². The summed E-state index contributed by atoms with van der Waals surface area (Å²) in [6.07, 6.45) is 1.88. The molecular weight excluding hydrogens is 370 g/mol. The van der Waals surface area contributed by atoms with Crippen molar-refractivity contribution in [1.82, 2.24) is 21.3 Å². The normalized spacial score (nSPS) is 19.3. The summed E-state index contributed by atoms with van der Waals surface area (Å²) in [6, 6.07) is -2.60. The maximum absolute atomic E-state index is 12.7. The molecule has 1 heterocycles. The predicted octanol–water partition coefficient (Wildman–Crippen LogP) is -2.58. The first-order valence-corrected chi connectivity index (χ1v) is 9.48. The van der Waals surface area contributed by atoms with Crippen LogP contribution < -0.4 is 27.0 Å². The van der Waals surface area contributed by atoms with Crippen LogP contribution in [0.25, 0.3) is 0 Å². The lowest BCUT2D eigenvalue weighted by molar-refractivity contribution is -0.139. The molecule has 4 unspecified atom stereocenters. The van der Waals surface area contributed by atoms with E-state index in [1.165, 1.54) is 6.92 Å². The zero-order valence-corrected chi connectivity index (χ0v) is 16.1. The van der Waals surface area contributed by atoms with Crippen molar-refractivity contribution in [2.75, 3.05) is 19.6 Å². The number of nitrogens with one attached hydrogen (secondary N) is 4. The van der Waals surface area contributed by atoms with Crippen molar-refractivity contribution in [2.45, 2.75) is 63.3 Å². The van der Waals surface area contributed by atoms with Crippen LogP contribution in [0.3, 0.4) is 0 Å². The first-order valence-electron chi connectivity index (χ1n) is 9.48. The van der Waals surface area contributed by atoms with E-state index in [0.717, 1.165) is 13.0 Å². The summed E-state index contributed by atoms with van der Waals surface area (Å²) in [6.45, 7) is 1.84. The summed E-state index contributed by atoms with van der Waals surface area (Å²) in [4.78, 5) is 47.7. The van der Waals surface area contributed by atoms with Gasteiger partial charge in [0.1, 0.15) is 18.6 Å². The second-order valence-corrected chi connectivity index (χ2v) is 6.83. The first-order chi connectivity index (χ1) is 13.3. The zero-order chi connectivity index (χ0) is 21.1. The Kier molecular flexibility index (Phi) is 10.4. The molecule has 3 amide bonds. The third-order valence-electron chi connectivity index (χ3n) is 4.43. The van der Waals surface area contributed by atoms with Gasteiger partial charge in [0.05, 0.1) is 12.1 Å². The molecule has 8 N–H and O–H groups in total. The number of carbonyl (C=O) groups is 4. The van der Waals surface area contributed by atoms with E-state index in [2.05, 4.69) is 21.3 Å². The van der Waals surface area contributed by atoms with Gasteiger partial charge in [-0.3, -0.25) is 19.2 Å². The summed E-state index contributed by atoms with van der Waals surface area (Å²) in [5.74, 6) is -3.00. The molecule has 11 nitrogen and oxygen atoms in total. The molecule has 0 aliphatic carbocycles. The van der Waals surface area contributed by atoms with E-state index in [1.54, 1.807) is 0 Å². The quantitative estimate of drug-likeness (QED) is 0.174. The number of hydrogen-bond acceptors (Lipinski definition) is 7. The Labute approximate surface area is 163 Å². The summed E-state index contributed by atoms with van der Waals surface area (Å²) in [5, 5.41) is 28.7. The fourth-order valence-corrected chi connectivity index (χ4v) is 2.87. The Bertz CT molecular complexity index is 550. The number of unbranched alkanes of at least 4 members (excludes halogenated alkanes) is 1. The smallest absolute Gasteiger partial charge is 0.322 e. The molecule has 28 heavy (non-hydrogen) atoms. The molecule has 1 aliphatic heterocycles. The van der Waals surface area contributed by atoms with Crippen LogP contribution in [0.5, 0.6) is 0 Å². The van der Waals surface area contributed by atoms with E-state index >= 15 is 0 Å². The van der Waals surface area contributed by atoms with Gasteiger partial charge in [-0.05, 0) is 52.1 Å². The lowest BCUT2D eigenvalue weighted by Gasteiger charge is -2.25. The minimum Gasteiger partial charge on any atom is -0.480 e. The number of nitrogens with two attached hydrogens (primary N) is 1. The molecule has 0 aromatic heterocycles. The van der Waals surface area contributed by atoms with Crippen LogP contribution in [0.1, 0.15) is 39.0 Å². The van der Waals surface area contributed by atoms with Gasteiger partial charge >= 0.3 is 5.97 Å². The van der Waals surface area contributed by atoms with E-state index < -0.39 is 42.5 Å². The van der Waals surface area contributed by atoms with Gasteiger partial charge in [-0.15, -0.1) is 0 Å². The van der Waals surface area contributed by atoms with Crippen LogP contribution in [-0.2, 0) is 19.2 Å². The van der Waals surface area contributed by atoms with Gasteiger partial charge in [-0.1, -0.05) is 0 Å². The molecule has 0 aromatic rings. The molecule has 0 bridgehead atoms. The number of hydrogen-bond donors (Lipinski definition) is 7. The van der Waals surface area contributed by atoms with Gasteiger partial charge in [-0.25, -0.2) is 0 Å². The fraction of sp³-hybridized carbons (Fsp3) is 0.765. The molecule has 0 aromatic carbocycles. The van der Waals surface area contributed by atoms with Crippen molar-refractivity contribution in [2.24, 2.45) is 5.73 Å². The largest absolute Gasteiger partial charge is 0.480 e. The second-order valence-electron chi connectivity index (χ2n) is 6.83. The molecular formula is C17H31N5O6. The van der Waals surface area contributed by atoms with Gasteiger partial charge in [0.2, 0.25) is 17.7 Å². The lowest BCUT2D eigenvalue weighted by Crippen LogP contribution is -2.58. The third kappa shape index (κ3) is 8.19. The number of carboxylic acids is 1. The van der Waals surface area contributed by atoms with Gasteiger partial charge in [0, 0.05) is 0 Å². The summed E-state index contributed by atoms with van der Waals surface area (Å²) in [7, 11) is 0. The highest BCUT2D eigenvalue weighted by Crippen LogP contribution is 2.08. The maximum Gasteiger partial charge on any atom is 0.322 e. The van der Waals surface area contributed by atoms with Crippen molar-refractivity contribution in [3.05, 3.63) is 0 Å². The van der Waals surface area contributed by atoms with Crippen molar-refractivity contribution in [3.8, 4) is 0 Å². The fourth-order valence-electron chi connectivity index (χ4n) is 2.87. The number of carboxylic acid groups (broad SMARTS) is 1. The van der Waals surface area contributed by atoms with Gasteiger partial charge in [0.25, 0.3) is 0 Å². The Balaban J connectivity index is 2.75. The summed E-state index contributed by atoms with van der Waals surface area (Å²) in [5.41, 5.74) is 5.48. The van der Waals surface area contributed by atoms with E-state index in [-0.39, 0.29) is 11.9 Å². The average Bonchev–Trinajstić information content (AvgIpc) is 3.17. The number of carbonyl (C=O) groups excluding carboxylic acids is 3. The maximum atomic E-state index is 12.7. The van der Waals surface area contributed by atoms with Crippen LogP contribution in [0.2, 0.25) is 0 Å². The predicted molar refractivity (Wildman–Crippen MR) is 100 cm³/mol. The van der Waals surface area contributed by atoms with Gasteiger partial charge < -0.3 is 37.2 Å². The standard InChI is InChI=1S/C17H31N5O6/c1-10(23)14(17(28)20-9-13(24)25)22-16(27)12(5-2-3-7-18)21-15(26)11-6-4-8-19-11/h10-12,14,19,23H,2-9,18H2,1H3,(H,20,28)(H,21,26)(H,22,27)(H,24,25).